The average molecular weight is 805 g/mol. The summed E-state index contributed by atoms with van der Waals surface area (Å²) in [5.41, 5.74) is 2.59. The third kappa shape index (κ3) is 12.6. The maximum Gasteiger partial charge on any atom is 0.161 e. The SMILES string of the molecule is COc1cc(CCC(=O)C(Cc2ccccc2)(Cc2ccccc2)C(=O)CCc2ccc(OCCN3CCN(C)CC3)c(OC)c2)ccc1OCCN1CCN(C)CC1. The van der Waals surface area contributed by atoms with Crippen molar-refractivity contribution in [2.75, 3.05) is 107 Å². The van der Waals surface area contributed by atoms with Crippen LogP contribution >= 0.6 is 0 Å². The molecule has 59 heavy (non-hydrogen) atoms. The van der Waals surface area contributed by atoms with Crippen LogP contribution in [-0.2, 0) is 35.3 Å². The molecule has 4 aromatic rings. The largest absolute Gasteiger partial charge is 0.493 e. The molecule has 0 N–H and O–H groups in total. The van der Waals surface area contributed by atoms with E-state index in [1.54, 1.807) is 14.2 Å². The lowest BCUT2D eigenvalue weighted by Crippen LogP contribution is -2.45. The molecule has 316 valence electrons. The summed E-state index contributed by atoms with van der Waals surface area (Å²) < 4.78 is 23.9. The summed E-state index contributed by atoms with van der Waals surface area (Å²) in [4.78, 5) is 39.3. The molecule has 4 aromatic carbocycles. The number of hydrogen-bond donors (Lipinski definition) is 0. The molecule has 10 heteroatoms. The van der Waals surface area contributed by atoms with E-state index in [0.717, 1.165) is 87.7 Å². The predicted molar refractivity (Wildman–Crippen MR) is 234 cm³/mol. The summed E-state index contributed by atoms with van der Waals surface area (Å²) in [5, 5.41) is 0. The third-order valence-electron chi connectivity index (χ3n) is 12.0. The first-order valence-corrected chi connectivity index (χ1v) is 21.3. The van der Waals surface area contributed by atoms with E-state index in [2.05, 4.69) is 33.7 Å². The number of aryl methyl sites for hydroxylation is 2. The maximum atomic E-state index is 14.9. The van der Waals surface area contributed by atoms with Gasteiger partial charge in [0.1, 0.15) is 24.8 Å². The van der Waals surface area contributed by atoms with E-state index in [0.29, 0.717) is 61.9 Å². The Morgan fingerprint density at radius 1 is 0.508 bits per heavy atom. The number of nitrogens with zero attached hydrogens (tertiary/aromatic N) is 4. The van der Waals surface area contributed by atoms with Crippen LogP contribution in [0, 0.1) is 5.41 Å². The first-order chi connectivity index (χ1) is 28.7. The van der Waals surface area contributed by atoms with Crippen LogP contribution in [0.1, 0.15) is 35.1 Å². The van der Waals surface area contributed by atoms with Crippen molar-refractivity contribution in [2.24, 2.45) is 5.41 Å². The fourth-order valence-corrected chi connectivity index (χ4v) is 8.18. The van der Waals surface area contributed by atoms with Gasteiger partial charge < -0.3 is 28.7 Å². The van der Waals surface area contributed by atoms with Gasteiger partial charge in [-0.1, -0.05) is 72.8 Å². The molecule has 0 unspecified atom stereocenters. The summed E-state index contributed by atoms with van der Waals surface area (Å²) in [6.45, 7) is 11.3. The summed E-state index contributed by atoms with van der Waals surface area (Å²) in [6, 6.07) is 31.7. The molecule has 0 spiro atoms. The van der Waals surface area contributed by atoms with E-state index in [1.165, 1.54) is 0 Å². The van der Waals surface area contributed by atoms with Gasteiger partial charge in [-0.15, -0.1) is 0 Å². The highest BCUT2D eigenvalue weighted by Gasteiger charge is 2.44. The van der Waals surface area contributed by atoms with E-state index in [1.807, 2.05) is 97.1 Å². The van der Waals surface area contributed by atoms with E-state index < -0.39 is 5.41 Å². The zero-order chi connectivity index (χ0) is 41.5. The van der Waals surface area contributed by atoms with Gasteiger partial charge >= 0.3 is 0 Å². The number of rotatable bonds is 22. The van der Waals surface area contributed by atoms with Gasteiger partial charge in [0.15, 0.2) is 23.0 Å². The Bertz CT molecular complexity index is 1770. The number of carbonyl (C=O) groups excluding carboxylic acids is 2. The van der Waals surface area contributed by atoms with Gasteiger partial charge in [-0.25, -0.2) is 0 Å². The van der Waals surface area contributed by atoms with Gasteiger partial charge in [0.2, 0.25) is 0 Å². The summed E-state index contributed by atoms with van der Waals surface area (Å²) in [6.07, 6.45) is 2.03. The molecule has 2 aliphatic rings. The third-order valence-corrected chi connectivity index (χ3v) is 12.0. The van der Waals surface area contributed by atoms with E-state index >= 15 is 0 Å². The molecule has 0 saturated carbocycles. The number of benzene rings is 4. The Balaban J connectivity index is 1.15. The van der Waals surface area contributed by atoms with Crippen LogP contribution in [0.25, 0.3) is 0 Å². The van der Waals surface area contributed by atoms with Gasteiger partial charge in [-0.2, -0.15) is 0 Å². The quantitative estimate of drug-likeness (QED) is 0.0866. The van der Waals surface area contributed by atoms with Gasteiger partial charge in [-0.3, -0.25) is 19.4 Å². The smallest absolute Gasteiger partial charge is 0.161 e. The number of methoxy groups -OCH3 is 2. The topological polar surface area (TPSA) is 84.0 Å². The number of Topliss-reactive ketones (excluding diaryl/α,β-unsaturated/α-hetero) is 2. The lowest BCUT2D eigenvalue weighted by molar-refractivity contribution is -0.141. The van der Waals surface area contributed by atoms with Crippen molar-refractivity contribution in [1.82, 2.24) is 19.6 Å². The second-order valence-electron chi connectivity index (χ2n) is 16.2. The van der Waals surface area contributed by atoms with Crippen molar-refractivity contribution < 1.29 is 28.5 Å². The van der Waals surface area contributed by atoms with Crippen molar-refractivity contribution in [3.63, 3.8) is 0 Å². The normalized spacial score (nSPS) is 15.8. The highest BCUT2D eigenvalue weighted by Crippen LogP contribution is 2.36. The summed E-state index contributed by atoms with van der Waals surface area (Å²) >= 11 is 0. The van der Waals surface area contributed by atoms with Crippen molar-refractivity contribution in [1.29, 1.82) is 0 Å². The van der Waals surface area contributed by atoms with Crippen molar-refractivity contribution in [3.8, 4) is 23.0 Å². The Morgan fingerprint density at radius 3 is 1.27 bits per heavy atom. The second-order valence-corrected chi connectivity index (χ2v) is 16.2. The van der Waals surface area contributed by atoms with Gasteiger partial charge in [-0.05, 0) is 86.3 Å². The minimum atomic E-state index is -1.25. The summed E-state index contributed by atoms with van der Waals surface area (Å²) in [5.74, 6) is 2.57. The Labute approximate surface area is 352 Å². The van der Waals surface area contributed by atoms with Crippen LogP contribution in [0.4, 0.5) is 0 Å². The lowest BCUT2D eigenvalue weighted by atomic mass is 9.68. The minimum absolute atomic E-state index is 0.0524. The molecule has 0 bridgehead atoms. The van der Waals surface area contributed by atoms with Crippen molar-refractivity contribution in [3.05, 3.63) is 119 Å². The van der Waals surface area contributed by atoms with Crippen LogP contribution in [0.3, 0.4) is 0 Å². The molecule has 2 saturated heterocycles. The number of carbonyl (C=O) groups is 2. The average Bonchev–Trinajstić information content (AvgIpc) is 3.27. The van der Waals surface area contributed by atoms with Crippen LogP contribution in [0.5, 0.6) is 23.0 Å². The van der Waals surface area contributed by atoms with Gasteiger partial charge in [0.25, 0.3) is 0 Å². The standard InChI is InChI=1S/C49H64N4O6/c1-50-23-27-52(28-24-50)31-33-58-43-19-15-39(35-45(43)56-3)17-21-47(54)49(37-41-11-7-5-8-12-41,38-42-13-9-6-10-14-42)48(55)22-18-40-16-20-44(46(36-40)57-4)59-34-32-53-29-25-51(2)26-30-53/h5-16,19-20,35-36H,17-18,21-34,37-38H2,1-4H3. The van der Waals surface area contributed by atoms with Crippen LogP contribution in [0.15, 0.2) is 97.1 Å². The molecule has 2 heterocycles. The molecule has 0 aromatic heterocycles. The maximum absolute atomic E-state index is 14.9. The van der Waals surface area contributed by atoms with Crippen molar-refractivity contribution >= 4 is 11.6 Å². The predicted octanol–water partition coefficient (Wildman–Crippen LogP) is 6.13. The minimum Gasteiger partial charge on any atom is -0.493 e. The molecular weight excluding hydrogens is 741 g/mol. The Hall–Kier alpha value is -4.74. The molecule has 10 nitrogen and oxygen atoms in total. The highest BCUT2D eigenvalue weighted by molar-refractivity contribution is 6.07. The van der Waals surface area contributed by atoms with Crippen LogP contribution < -0.4 is 18.9 Å². The zero-order valence-electron chi connectivity index (χ0n) is 35.7. The molecule has 2 fully saturated rings. The molecule has 0 atom stereocenters. The molecule has 6 rings (SSSR count). The molecular formula is C49H64N4O6. The first kappa shape index (κ1) is 43.8. The van der Waals surface area contributed by atoms with Crippen LogP contribution in [0.2, 0.25) is 0 Å². The van der Waals surface area contributed by atoms with Gasteiger partial charge in [0.05, 0.1) is 19.6 Å². The zero-order valence-corrected chi connectivity index (χ0v) is 35.7. The number of likely N-dealkylation sites (N-methyl/N-ethyl adjacent to an activating group) is 2. The molecule has 0 amide bonds. The molecule has 0 aliphatic carbocycles. The number of hydrogen-bond acceptors (Lipinski definition) is 10. The lowest BCUT2D eigenvalue weighted by Gasteiger charge is -2.32. The highest BCUT2D eigenvalue weighted by atomic mass is 16.5. The number of ketones is 2. The number of piperazine rings is 2. The fourth-order valence-electron chi connectivity index (χ4n) is 8.18. The van der Waals surface area contributed by atoms with E-state index in [9.17, 15) is 9.59 Å². The monoisotopic (exact) mass is 804 g/mol. The van der Waals surface area contributed by atoms with Crippen LogP contribution in [-0.4, -0.2) is 138 Å². The van der Waals surface area contributed by atoms with Gasteiger partial charge in [0, 0.05) is 78.3 Å². The summed E-state index contributed by atoms with van der Waals surface area (Å²) in [7, 11) is 7.60. The Morgan fingerprint density at radius 2 is 0.898 bits per heavy atom. The van der Waals surface area contributed by atoms with E-state index in [4.69, 9.17) is 18.9 Å². The molecule has 0 radical (unpaired) electrons. The number of ether oxygens (including phenoxy) is 4. The molecule has 2 aliphatic heterocycles. The van der Waals surface area contributed by atoms with E-state index in [-0.39, 0.29) is 24.4 Å². The fraction of sp³-hybridized carbons (Fsp3) is 0.469. The Kier molecular flexibility index (Phi) is 16.4. The first-order valence-electron chi connectivity index (χ1n) is 21.3. The van der Waals surface area contributed by atoms with Crippen molar-refractivity contribution in [2.45, 2.75) is 38.5 Å². The second kappa shape index (κ2) is 22.0.